The van der Waals surface area contributed by atoms with Crippen molar-refractivity contribution >= 4 is 11.3 Å². The number of rotatable bonds is 4. The van der Waals surface area contributed by atoms with Gasteiger partial charge in [0.1, 0.15) is 0 Å². The summed E-state index contributed by atoms with van der Waals surface area (Å²) in [6.07, 6.45) is 1.03. The number of aryl methyl sites for hydroxylation is 1. The first-order valence-corrected chi connectivity index (χ1v) is 5.62. The zero-order valence-corrected chi connectivity index (χ0v) is 9.40. The van der Waals surface area contributed by atoms with Crippen LogP contribution in [0.2, 0.25) is 0 Å². The Morgan fingerprint density at radius 1 is 1.54 bits per heavy atom. The highest BCUT2D eigenvalue weighted by Crippen LogP contribution is 2.18. The van der Waals surface area contributed by atoms with E-state index < -0.39 is 0 Å². The van der Waals surface area contributed by atoms with Gasteiger partial charge < -0.3 is 5.73 Å². The highest BCUT2D eigenvalue weighted by molar-refractivity contribution is 7.09. The molecule has 3 heteroatoms. The molecule has 1 heterocycles. The lowest BCUT2D eigenvalue weighted by Gasteiger charge is -2.16. The highest BCUT2D eigenvalue weighted by Gasteiger charge is 2.13. The second kappa shape index (κ2) is 4.72. The zero-order chi connectivity index (χ0) is 9.84. The summed E-state index contributed by atoms with van der Waals surface area (Å²) in [4.78, 5) is 4.44. The van der Waals surface area contributed by atoms with Gasteiger partial charge in [-0.3, -0.25) is 0 Å². The topological polar surface area (TPSA) is 38.9 Å². The Kier molecular flexibility index (Phi) is 3.88. The third-order valence-electron chi connectivity index (χ3n) is 2.35. The van der Waals surface area contributed by atoms with Crippen LogP contribution >= 0.6 is 11.3 Å². The fraction of sp³-hybridized carbons (Fsp3) is 0.700. The number of hydrogen-bond acceptors (Lipinski definition) is 3. The molecule has 2 nitrogen and oxygen atoms in total. The second-order valence-corrected chi connectivity index (χ2v) is 4.77. The van der Waals surface area contributed by atoms with Gasteiger partial charge >= 0.3 is 0 Å². The molecule has 1 rings (SSSR count). The van der Waals surface area contributed by atoms with E-state index in [1.54, 1.807) is 11.3 Å². The van der Waals surface area contributed by atoms with Crippen molar-refractivity contribution in [2.45, 2.75) is 27.2 Å². The number of nitrogens with zero attached hydrogens (tertiary/aromatic N) is 1. The molecule has 0 amide bonds. The molecular formula is C10H18N2S. The van der Waals surface area contributed by atoms with Crippen LogP contribution in [0.15, 0.2) is 5.38 Å². The van der Waals surface area contributed by atoms with Crippen LogP contribution in [0.25, 0.3) is 0 Å². The third kappa shape index (κ3) is 3.08. The van der Waals surface area contributed by atoms with Crippen molar-refractivity contribution in [1.82, 2.24) is 4.98 Å². The first-order valence-electron chi connectivity index (χ1n) is 4.74. The predicted octanol–water partition coefficient (Wildman–Crippen LogP) is 2.22. The fourth-order valence-electron chi connectivity index (χ4n) is 1.31. The molecule has 13 heavy (non-hydrogen) atoms. The molecule has 0 spiro atoms. The number of aromatic nitrogens is 1. The van der Waals surface area contributed by atoms with E-state index in [1.165, 1.54) is 5.01 Å². The molecule has 0 radical (unpaired) electrons. The molecular weight excluding hydrogens is 180 g/mol. The lowest BCUT2D eigenvalue weighted by Crippen LogP contribution is -2.22. The predicted molar refractivity (Wildman–Crippen MR) is 57.9 cm³/mol. The van der Waals surface area contributed by atoms with Gasteiger partial charge in [-0.05, 0) is 25.3 Å². The molecule has 0 saturated heterocycles. The highest BCUT2D eigenvalue weighted by atomic mass is 32.1. The van der Waals surface area contributed by atoms with Crippen molar-refractivity contribution < 1.29 is 0 Å². The average molecular weight is 198 g/mol. The van der Waals surface area contributed by atoms with E-state index in [0.29, 0.717) is 11.8 Å². The Labute approximate surface area is 84.2 Å². The van der Waals surface area contributed by atoms with Crippen molar-refractivity contribution in [3.05, 3.63) is 16.1 Å². The van der Waals surface area contributed by atoms with E-state index in [4.69, 9.17) is 5.73 Å². The molecule has 0 fully saturated rings. The van der Waals surface area contributed by atoms with E-state index in [0.717, 1.165) is 18.7 Å². The van der Waals surface area contributed by atoms with Crippen LogP contribution in [0.1, 0.15) is 24.5 Å². The minimum absolute atomic E-state index is 0.575. The molecule has 0 aliphatic rings. The van der Waals surface area contributed by atoms with Gasteiger partial charge in [0.2, 0.25) is 0 Å². The van der Waals surface area contributed by atoms with Gasteiger partial charge in [0.25, 0.3) is 0 Å². The first kappa shape index (κ1) is 10.7. The van der Waals surface area contributed by atoms with Crippen molar-refractivity contribution in [2.24, 2.45) is 17.6 Å². The molecule has 0 aliphatic heterocycles. The van der Waals surface area contributed by atoms with Gasteiger partial charge in [-0.15, -0.1) is 11.3 Å². The van der Waals surface area contributed by atoms with Gasteiger partial charge in [-0.25, -0.2) is 4.98 Å². The Bertz CT molecular complexity index is 255. The fourth-order valence-corrected chi connectivity index (χ4v) is 2.18. The van der Waals surface area contributed by atoms with Gasteiger partial charge in [0.15, 0.2) is 0 Å². The Balaban J connectivity index is 2.56. The van der Waals surface area contributed by atoms with Crippen molar-refractivity contribution in [3.8, 4) is 0 Å². The molecule has 1 aromatic heterocycles. The average Bonchev–Trinajstić information content (AvgIpc) is 2.46. The van der Waals surface area contributed by atoms with Gasteiger partial charge in [0, 0.05) is 17.5 Å². The van der Waals surface area contributed by atoms with Crippen LogP contribution in [0.5, 0.6) is 0 Å². The first-order chi connectivity index (χ1) is 6.13. The molecule has 0 aliphatic carbocycles. The maximum atomic E-state index is 5.71. The van der Waals surface area contributed by atoms with E-state index >= 15 is 0 Å². The summed E-state index contributed by atoms with van der Waals surface area (Å²) in [7, 11) is 0. The monoisotopic (exact) mass is 198 g/mol. The van der Waals surface area contributed by atoms with E-state index in [2.05, 4.69) is 24.2 Å². The molecule has 1 unspecified atom stereocenters. The van der Waals surface area contributed by atoms with Crippen molar-refractivity contribution in [3.63, 3.8) is 0 Å². The van der Waals surface area contributed by atoms with Crippen molar-refractivity contribution in [1.29, 1.82) is 0 Å². The summed E-state index contributed by atoms with van der Waals surface area (Å²) in [6, 6.07) is 0. The van der Waals surface area contributed by atoms with Crippen LogP contribution in [0.4, 0.5) is 0 Å². The smallest absolute Gasteiger partial charge is 0.0931 e. The number of nitrogens with two attached hydrogens (primary N) is 1. The van der Waals surface area contributed by atoms with E-state index in [1.807, 2.05) is 6.92 Å². The van der Waals surface area contributed by atoms with Crippen LogP contribution < -0.4 is 5.73 Å². The molecule has 74 valence electrons. The number of hydrogen-bond donors (Lipinski definition) is 1. The van der Waals surface area contributed by atoms with Crippen molar-refractivity contribution in [2.75, 3.05) is 6.54 Å². The zero-order valence-electron chi connectivity index (χ0n) is 8.58. The van der Waals surface area contributed by atoms with Gasteiger partial charge in [-0.2, -0.15) is 0 Å². The second-order valence-electron chi connectivity index (χ2n) is 3.83. The van der Waals surface area contributed by atoms with E-state index in [9.17, 15) is 0 Å². The molecule has 0 aromatic carbocycles. The minimum atomic E-state index is 0.575. The largest absolute Gasteiger partial charge is 0.330 e. The van der Waals surface area contributed by atoms with Crippen LogP contribution in [-0.4, -0.2) is 11.5 Å². The standard InChI is InChI=1S/C10H18N2S/c1-7(2)9(5-11)4-10-12-8(3)6-13-10/h6-7,9H,4-5,11H2,1-3H3. The molecule has 2 N–H and O–H groups in total. The normalized spacial score (nSPS) is 13.6. The third-order valence-corrected chi connectivity index (χ3v) is 3.34. The maximum Gasteiger partial charge on any atom is 0.0931 e. The SMILES string of the molecule is Cc1csc(CC(CN)C(C)C)n1. The summed E-state index contributed by atoms with van der Waals surface area (Å²) >= 11 is 1.74. The van der Waals surface area contributed by atoms with Crippen LogP contribution in [0, 0.1) is 18.8 Å². The van der Waals surface area contributed by atoms with Gasteiger partial charge in [-0.1, -0.05) is 13.8 Å². The summed E-state index contributed by atoms with van der Waals surface area (Å²) in [5, 5.41) is 3.32. The summed E-state index contributed by atoms with van der Waals surface area (Å²) in [6.45, 7) is 7.24. The lowest BCUT2D eigenvalue weighted by atomic mass is 9.93. The minimum Gasteiger partial charge on any atom is -0.330 e. The van der Waals surface area contributed by atoms with E-state index in [-0.39, 0.29) is 0 Å². The quantitative estimate of drug-likeness (QED) is 0.805. The summed E-state index contributed by atoms with van der Waals surface area (Å²) in [5.74, 6) is 1.22. The van der Waals surface area contributed by atoms with Crippen LogP contribution in [-0.2, 0) is 6.42 Å². The summed E-state index contributed by atoms with van der Waals surface area (Å²) in [5.41, 5.74) is 6.83. The molecule has 1 aromatic rings. The van der Waals surface area contributed by atoms with Gasteiger partial charge in [0.05, 0.1) is 5.01 Å². The Morgan fingerprint density at radius 3 is 2.62 bits per heavy atom. The molecule has 1 atom stereocenters. The van der Waals surface area contributed by atoms with Crippen LogP contribution in [0.3, 0.4) is 0 Å². The lowest BCUT2D eigenvalue weighted by molar-refractivity contribution is 0.391. The molecule has 0 saturated carbocycles. The summed E-state index contributed by atoms with van der Waals surface area (Å²) < 4.78 is 0. The Morgan fingerprint density at radius 2 is 2.23 bits per heavy atom. The maximum absolute atomic E-state index is 5.71. The number of thiazole rings is 1. The Hall–Kier alpha value is -0.410. The molecule has 0 bridgehead atoms.